The molecule has 2 aromatic carbocycles. The molecule has 41 heavy (non-hydrogen) atoms. The summed E-state index contributed by atoms with van der Waals surface area (Å²) in [7, 11) is 0. The lowest BCUT2D eigenvalue weighted by Gasteiger charge is -2.07. The third-order valence-electron chi connectivity index (χ3n) is 7.69. The SMILES string of the molecule is CCCCCCCCCCCCOc1ccc(N[N+](=O)c2ccc(OCCCCCCCCCCCC)cc2)cc1. The predicted octanol–water partition coefficient (Wildman–Crippen LogP) is 11.7. The summed E-state index contributed by atoms with van der Waals surface area (Å²) in [6, 6.07) is 14.9. The van der Waals surface area contributed by atoms with Crippen LogP contribution in [-0.4, -0.2) is 18.1 Å². The Balaban J connectivity index is 1.52. The summed E-state index contributed by atoms with van der Waals surface area (Å²) in [6.07, 6.45) is 26.3. The molecule has 5 nitrogen and oxygen atoms in total. The lowest BCUT2D eigenvalue weighted by atomic mass is 10.1. The van der Waals surface area contributed by atoms with Gasteiger partial charge in [0.15, 0.2) is 4.87 Å². The van der Waals surface area contributed by atoms with Crippen LogP contribution in [-0.2, 0) is 0 Å². The van der Waals surface area contributed by atoms with Crippen LogP contribution in [0.3, 0.4) is 0 Å². The smallest absolute Gasteiger partial charge is 0.292 e. The van der Waals surface area contributed by atoms with Crippen molar-refractivity contribution in [3.8, 4) is 11.5 Å². The number of rotatable bonds is 27. The summed E-state index contributed by atoms with van der Waals surface area (Å²) in [6.45, 7) is 6.00. The standard InChI is InChI=1S/C36H59N2O3/c1-3-5-7-9-11-13-15-17-19-21-31-40-35-27-23-33(24-28-35)37-38(39)34-25-29-36(30-26-34)41-32-22-20-18-16-14-12-10-8-6-4-2/h23-30H,3-22,31-32H2,1-2H3,(H,37,39)/q+1. The van der Waals surface area contributed by atoms with Gasteiger partial charge in [-0.15, -0.1) is 5.43 Å². The summed E-state index contributed by atoms with van der Waals surface area (Å²) in [4.78, 5) is 13.4. The van der Waals surface area contributed by atoms with E-state index in [9.17, 15) is 4.91 Å². The number of unbranched alkanes of at least 4 members (excludes halogenated alkanes) is 18. The van der Waals surface area contributed by atoms with Crippen LogP contribution in [0.5, 0.6) is 11.5 Å². The average molecular weight is 568 g/mol. The zero-order valence-corrected chi connectivity index (χ0v) is 26.3. The van der Waals surface area contributed by atoms with Gasteiger partial charge >= 0.3 is 0 Å². The molecule has 0 aliphatic carbocycles. The minimum absolute atomic E-state index is 0.539. The van der Waals surface area contributed by atoms with Crippen LogP contribution in [0.1, 0.15) is 142 Å². The first kappa shape index (κ1) is 34.6. The predicted molar refractivity (Wildman–Crippen MR) is 174 cm³/mol. The van der Waals surface area contributed by atoms with Gasteiger partial charge in [-0.3, -0.25) is 0 Å². The zero-order valence-electron chi connectivity index (χ0n) is 26.3. The van der Waals surface area contributed by atoms with E-state index in [1.54, 1.807) is 12.1 Å². The second-order valence-electron chi connectivity index (χ2n) is 11.5. The second-order valence-corrected chi connectivity index (χ2v) is 11.5. The lowest BCUT2D eigenvalue weighted by molar-refractivity contribution is -0.427. The molecule has 0 aliphatic heterocycles. The Labute approximate surface area is 251 Å². The number of hydrazine groups is 1. The first-order valence-corrected chi connectivity index (χ1v) is 16.9. The summed E-state index contributed by atoms with van der Waals surface area (Å²) in [5.41, 5.74) is 4.16. The largest absolute Gasteiger partial charge is 0.494 e. The monoisotopic (exact) mass is 567 g/mol. The lowest BCUT2D eigenvalue weighted by Crippen LogP contribution is -2.10. The van der Waals surface area contributed by atoms with Crippen molar-refractivity contribution in [2.75, 3.05) is 18.6 Å². The molecule has 0 saturated carbocycles. The third-order valence-corrected chi connectivity index (χ3v) is 7.69. The first-order chi connectivity index (χ1) is 20.2. The number of nitrogens with one attached hydrogen (secondary N) is 1. The van der Waals surface area contributed by atoms with Gasteiger partial charge < -0.3 is 9.47 Å². The number of benzene rings is 2. The van der Waals surface area contributed by atoms with Gasteiger partial charge in [0.05, 0.1) is 18.1 Å². The fourth-order valence-electron chi connectivity index (χ4n) is 5.04. The topological polar surface area (TPSA) is 50.6 Å². The molecular weight excluding hydrogens is 508 g/mol. The van der Waals surface area contributed by atoms with Crippen molar-refractivity contribution in [3.05, 3.63) is 53.4 Å². The van der Waals surface area contributed by atoms with Crippen molar-refractivity contribution in [2.24, 2.45) is 0 Å². The van der Waals surface area contributed by atoms with E-state index >= 15 is 0 Å². The van der Waals surface area contributed by atoms with Crippen molar-refractivity contribution in [3.63, 3.8) is 0 Å². The molecule has 5 heteroatoms. The van der Waals surface area contributed by atoms with E-state index in [1.807, 2.05) is 36.4 Å². The molecule has 0 heterocycles. The van der Waals surface area contributed by atoms with Gasteiger partial charge in [-0.2, -0.15) is 0 Å². The number of ether oxygens (including phenoxy) is 2. The van der Waals surface area contributed by atoms with Crippen molar-refractivity contribution >= 4 is 11.4 Å². The number of anilines is 1. The minimum Gasteiger partial charge on any atom is -0.494 e. The maximum absolute atomic E-state index is 12.6. The molecule has 0 atom stereocenters. The van der Waals surface area contributed by atoms with Gasteiger partial charge in [0.25, 0.3) is 5.69 Å². The zero-order chi connectivity index (χ0) is 29.2. The highest BCUT2D eigenvalue weighted by Gasteiger charge is 2.14. The summed E-state index contributed by atoms with van der Waals surface area (Å²) in [5, 5.41) is 0. The van der Waals surface area contributed by atoms with E-state index in [4.69, 9.17) is 9.47 Å². The molecule has 230 valence electrons. The van der Waals surface area contributed by atoms with Crippen LogP contribution >= 0.6 is 0 Å². The molecular formula is C36H59N2O3+. The maximum Gasteiger partial charge on any atom is 0.292 e. The van der Waals surface area contributed by atoms with Gasteiger partial charge in [-0.1, -0.05) is 129 Å². The first-order valence-electron chi connectivity index (χ1n) is 16.9. The number of hydrogen-bond donors (Lipinski definition) is 1. The quantitative estimate of drug-likeness (QED) is 0.0662. The van der Waals surface area contributed by atoms with Crippen molar-refractivity contribution < 1.29 is 14.3 Å². The van der Waals surface area contributed by atoms with Gasteiger partial charge in [0, 0.05) is 12.1 Å². The number of hydrogen-bond acceptors (Lipinski definition) is 3. The maximum atomic E-state index is 12.6. The van der Waals surface area contributed by atoms with E-state index in [0.29, 0.717) is 5.69 Å². The Hall–Kier alpha value is -2.56. The summed E-state index contributed by atoms with van der Waals surface area (Å²) in [5.74, 6) is 1.65. The Morgan fingerprint density at radius 1 is 0.488 bits per heavy atom. The molecule has 0 amide bonds. The van der Waals surface area contributed by atoms with Crippen molar-refractivity contribution in [1.29, 1.82) is 0 Å². The van der Waals surface area contributed by atoms with E-state index in [0.717, 1.165) is 48.1 Å². The molecule has 0 bridgehead atoms. The highest BCUT2D eigenvalue weighted by Crippen LogP contribution is 2.21. The molecule has 0 aromatic heterocycles. The highest BCUT2D eigenvalue weighted by atomic mass is 16.5. The minimum atomic E-state index is 0.539. The van der Waals surface area contributed by atoms with E-state index in [2.05, 4.69) is 19.3 Å². The fourth-order valence-corrected chi connectivity index (χ4v) is 5.04. The summed E-state index contributed by atoms with van der Waals surface area (Å²) < 4.78 is 11.8. The van der Waals surface area contributed by atoms with Gasteiger partial charge in [0.2, 0.25) is 0 Å². The van der Waals surface area contributed by atoms with Crippen LogP contribution in [0.4, 0.5) is 11.4 Å². The molecule has 0 spiro atoms. The van der Waals surface area contributed by atoms with Crippen molar-refractivity contribution in [1.82, 2.24) is 0 Å². The fraction of sp³-hybridized carbons (Fsp3) is 0.667. The van der Waals surface area contributed by atoms with Crippen LogP contribution in [0, 0.1) is 4.91 Å². The van der Waals surface area contributed by atoms with E-state index < -0.39 is 0 Å². The van der Waals surface area contributed by atoms with Crippen LogP contribution in [0.2, 0.25) is 0 Å². The Morgan fingerprint density at radius 3 is 1.22 bits per heavy atom. The van der Waals surface area contributed by atoms with Crippen LogP contribution in [0.25, 0.3) is 0 Å². The van der Waals surface area contributed by atoms with Crippen LogP contribution in [0.15, 0.2) is 48.5 Å². The molecule has 2 aromatic rings. The van der Waals surface area contributed by atoms with E-state index in [-0.39, 0.29) is 0 Å². The van der Waals surface area contributed by atoms with Gasteiger partial charge in [0.1, 0.15) is 17.2 Å². The molecule has 0 unspecified atom stereocenters. The number of nitrogens with zero attached hydrogens (tertiary/aromatic N) is 1. The average Bonchev–Trinajstić information content (AvgIpc) is 2.99. The Kier molecular flexibility index (Phi) is 20.3. The second kappa shape index (κ2) is 24.1. The molecule has 0 aliphatic rings. The highest BCUT2D eigenvalue weighted by molar-refractivity contribution is 5.45. The molecule has 2 rings (SSSR count). The van der Waals surface area contributed by atoms with Crippen molar-refractivity contribution in [2.45, 2.75) is 142 Å². The van der Waals surface area contributed by atoms with Gasteiger partial charge in [-0.25, -0.2) is 0 Å². The summed E-state index contributed by atoms with van der Waals surface area (Å²) >= 11 is 0. The number of nitroso groups, excluding NO2 is 1. The normalized spacial score (nSPS) is 11.0. The Morgan fingerprint density at radius 2 is 0.829 bits per heavy atom. The molecule has 0 fully saturated rings. The Bertz CT molecular complexity index is 883. The van der Waals surface area contributed by atoms with E-state index in [1.165, 1.54) is 116 Å². The molecule has 0 saturated heterocycles. The van der Waals surface area contributed by atoms with Crippen LogP contribution < -0.4 is 14.9 Å². The molecule has 0 radical (unpaired) electrons. The third kappa shape index (κ3) is 17.8. The molecule has 1 N–H and O–H groups in total. The van der Waals surface area contributed by atoms with Gasteiger partial charge in [-0.05, 0) is 49.2 Å².